The summed E-state index contributed by atoms with van der Waals surface area (Å²) in [5.41, 5.74) is 2.47. The predicted octanol–water partition coefficient (Wildman–Crippen LogP) is 3.70. The summed E-state index contributed by atoms with van der Waals surface area (Å²) in [6.07, 6.45) is 3.46. The fourth-order valence-electron chi connectivity index (χ4n) is 3.95. The normalized spacial score (nSPS) is 21.6. The molecular formula is C22H25NO5. The number of esters is 1. The van der Waals surface area contributed by atoms with E-state index in [4.69, 9.17) is 9.47 Å². The summed E-state index contributed by atoms with van der Waals surface area (Å²) in [6.45, 7) is 7.63. The van der Waals surface area contributed by atoms with Crippen molar-refractivity contribution in [1.29, 1.82) is 0 Å². The van der Waals surface area contributed by atoms with Crippen molar-refractivity contribution in [2.75, 3.05) is 13.2 Å². The van der Waals surface area contributed by atoms with Crippen LogP contribution in [0.5, 0.6) is 11.5 Å². The Labute approximate surface area is 164 Å². The number of carbonyl (C=O) groups excluding carboxylic acids is 2. The zero-order valence-corrected chi connectivity index (χ0v) is 16.2. The maximum absolute atomic E-state index is 12.8. The molecule has 6 heteroatoms. The number of Topliss-reactive ketones (excluding diaryl/α,β-unsaturated/α-hetero) is 1. The zero-order valence-electron chi connectivity index (χ0n) is 16.2. The van der Waals surface area contributed by atoms with E-state index in [0.29, 0.717) is 30.0 Å². The van der Waals surface area contributed by atoms with Gasteiger partial charge in [-0.25, -0.2) is 4.79 Å². The SMILES string of the molecule is C=CCOC(=O)C1=C(C)N=C2CCCC(=O)C2[C@@H]1c1ccc(O)c(OCC)c1. The molecule has 1 aromatic carbocycles. The molecule has 1 aliphatic carbocycles. The minimum absolute atomic E-state index is 0.0155. The van der Waals surface area contributed by atoms with Gasteiger partial charge in [-0.2, -0.15) is 0 Å². The highest BCUT2D eigenvalue weighted by atomic mass is 16.5. The smallest absolute Gasteiger partial charge is 0.336 e. The number of hydrogen-bond acceptors (Lipinski definition) is 6. The standard InChI is InChI=1S/C22H25NO5/c1-4-11-28-22(26)19-13(3)23-15-7-6-8-17(25)21(15)20(19)14-9-10-16(24)18(12-14)27-5-2/h4,9-10,12,20-21,24H,1,5-8,11H2,2-3H3/t20-,21?/m1/s1. The van der Waals surface area contributed by atoms with Gasteiger partial charge in [-0.1, -0.05) is 18.7 Å². The number of phenols is 1. The molecule has 1 N–H and O–H groups in total. The van der Waals surface area contributed by atoms with Crippen LogP contribution in [0.25, 0.3) is 0 Å². The van der Waals surface area contributed by atoms with Gasteiger partial charge in [-0.3, -0.25) is 9.79 Å². The lowest BCUT2D eigenvalue weighted by atomic mass is 9.69. The molecule has 148 valence electrons. The van der Waals surface area contributed by atoms with E-state index in [1.165, 1.54) is 12.1 Å². The quantitative estimate of drug-likeness (QED) is 0.598. The van der Waals surface area contributed by atoms with Crippen molar-refractivity contribution in [2.45, 2.75) is 39.0 Å². The van der Waals surface area contributed by atoms with Crippen molar-refractivity contribution >= 4 is 17.5 Å². The van der Waals surface area contributed by atoms with Crippen molar-refractivity contribution in [3.8, 4) is 11.5 Å². The summed E-state index contributed by atoms with van der Waals surface area (Å²) in [7, 11) is 0. The summed E-state index contributed by atoms with van der Waals surface area (Å²) >= 11 is 0. The molecule has 2 atom stereocenters. The highest BCUT2D eigenvalue weighted by molar-refractivity contribution is 6.11. The summed E-state index contributed by atoms with van der Waals surface area (Å²) in [6, 6.07) is 4.95. The van der Waals surface area contributed by atoms with Gasteiger partial charge in [-0.05, 0) is 44.4 Å². The minimum Gasteiger partial charge on any atom is -0.504 e. The van der Waals surface area contributed by atoms with Crippen LogP contribution in [0, 0.1) is 5.92 Å². The fraction of sp³-hybridized carbons (Fsp3) is 0.409. The Balaban J connectivity index is 2.13. The Hall–Kier alpha value is -2.89. The van der Waals surface area contributed by atoms with Gasteiger partial charge < -0.3 is 14.6 Å². The highest BCUT2D eigenvalue weighted by Crippen LogP contribution is 2.44. The van der Waals surface area contributed by atoms with Crippen LogP contribution in [0.2, 0.25) is 0 Å². The maximum atomic E-state index is 12.8. The van der Waals surface area contributed by atoms with E-state index < -0.39 is 17.8 Å². The number of carbonyl (C=O) groups is 2. The van der Waals surface area contributed by atoms with Crippen molar-refractivity contribution in [3.63, 3.8) is 0 Å². The lowest BCUT2D eigenvalue weighted by Crippen LogP contribution is -2.39. The molecular weight excluding hydrogens is 358 g/mol. The van der Waals surface area contributed by atoms with Crippen molar-refractivity contribution in [3.05, 3.63) is 47.7 Å². The third kappa shape index (κ3) is 3.72. The first-order chi connectivity index (χ1) is 13.5. The first-order valence-electron chi connectivity index (χ1n) is 9.52. The first kappa shape index (κ1) is 19.9. The molecule has 28 heavy (non-hydrogen) atoms. The van der Waals surface area contributed by atoms with E-state index in [-0.39, 0.29) is 18.1 Å². The first-order valence-corrected chi connectivity index (χ1v) is 9.52. The van der Waals surface area contributed by atoms with Crippen LogP contribution in [-0.4, -0.2) is 35.8 Å². The average Bonchev–Trinajstić information content (AvgIpc) is 2.67. The fourth-order valence-corrected chi connectivity index (χ4v) is 3.95. The molecule has 1 saturated carbocycles. The van der Waals surface area contributed by atoms with Gasteiger partial charge in [0.05, 0.1) is 18.1 Å². The number of phenolic OH excluding ortho intramolecular Hbond substituents is 1. The number of ketones is 1. The van der Waals surface area contributed by atoms with E-state index in [0.717, 1.165) is 24.1 Å². The highest BCUT2D eigenvalue weighted by Gasteiger charge is 2.43. The number of ether oxygens (including phenoxy) is 2. The van der Waals surface area contributed by atoms with Crippen LogP contribution >= 0.6 is 0 Å². The molecule has 0 saturated heterocycles. The second-order valence-electron chi connectivity index (χ2n) is 6.92. The van der Waals surface area contributed by atoms with Crippen LogP contribution in [0.15, 0.2) is 47.1 Å². The molecule has 0 radical (unpaired) electrons. The number of hydrogen-bond donors (Lipinski definition) is 1. The Morgan fingerprint density at radius 2 is 2.14 bits per heavy atom. The van der Waals surface area contributed by atoms with Crippen molar-refractivity contribution in [2.24, 2.45) is 10.9 Å². The Morgan fingerprint density at radius 3 is 2.86 bits per heavy atom. The van der Waals surface area contributed by atoms with Crippen LogP contribution < -0.4 is 4.74 Å². The summed E-state index contributed by atoms with van der Waals surface area (Å²) in [4.78, 5) is 30.2. The second kappa shape index (κ2) is 8.42. The molecule has 1 aromatic rings. The molecule has 1 aliphatic heterocycles. The monoisotopic (exact) mass is 383 g/mol. The van der Waals surface area contributed by atoms with Gasteiger partial charge in [0.2, 0.25) is 0 Å². The molecule has 3 rings (SSSR count). The van der Waals surface area contributed by atoms with E-state index in [1.807, 2.05) is 6.92 Å². The molecule has 1 unspecified atom stereocenters. The summed E-state index contributed by atoms with van der Waals surface area (Å²) in [5.74, 6) is -1.11. The summed E-state index contributed by atoms with van der Waals surface area (Å²) < 4.78 is 10.8. The van der Waals surface area contributed by atoms with Gasteiger partial charge in [0.1, 0.15) is 12.4 Å². The van der Waals surface area contributed by atoms with Crippen LogP contribution in [0.3, 0.4) is 0 Å². The lowest BCUT2D eigenvalue weighted by molar-refractivity contribution is -0.138. The Kier molecular flexibility index (Phi) is 5.97. The Bertz CT molecular complexity index is 868. The third-order valence-corrected chi connectivity index (χ3v) is 5.10. The van der Waals surface area contributed by atoms with Gasteiger partial charge >= 0.3 is 5.97 Å². The molecule has 0 bridgehead atoms. The van der Waals surface area contributed by atoms with Gasteiger partial charge in [-0.15, -0.1) is 0 Å². The topological polar surface area (TPSA) is 85.2 Å². The summed E-state index contributed by atoms with van der Waals surface area (Å²) in [5, 5.41) is 10.1. The number of benzene rings is 1. The predicted molar refractivity (Wildman–Crippen MR) is 106 cm³/mol. The molecule has 2 aliphatic rings. The van der Waals surface area contributed by atoms with E-state index in [9.17, 15) is 14.7 Å². The number of aromatic hydroxyl groups is 1. The number of aliphatic imine (C=N–C) groups is 1. The van der Waals surface area contributed by atoms with E-state index >= 15 is 0 Å². The van der Waals surface area contributed by atoms with Crippen molar-refractivity contribution in [1.82, 2.24) is 0 Å². The number of rotatable bonds is 6. The second-order valence-corrected chi connectivity index (χ2v) is 6.92. The van der Waals surface area contributed by atoms with E-state index in [2.05, 4.69) is 11.6 Å². The van der Waals surface area contributed by atoms with Gasteiger partial charge in [0.25, 0.3) is 0 Å². The number of allylic oxidation sites excluding steroid dienone is 1. The number of nitrogens with zero attached hydrogens (tertiary/aromatic N) is 1. The van der Waals surface area contributed by atoms with Gasteiger partial charge in [0, 0.05) is 23.7 Å². The molecule has 1 heterocycles. The van der Waals surface area contributed by atoms with Gasteiger partial charge in [0.15, 0.2) is 11.5 Å². The molecule has 0 spiro atoms. The maximum Gasteiger partial charge on any atom is 0.336 e. The molecule has 0 amide bonds. The Morgan fingerprint density at radius 1 is 1.36 bits per heavy atom. The molecule has 6 nitrogen and oxygen atoms in total. The minimum atomic E-state index is -0.516. The molecule has 1 fully saturated rings. The largest absolute Gasteiger partial charge is 0.504 e. The average molecular weight is 383 g/mol. The van der Waals surface area contributed by atoms with Crippen molar-refractivity contribution < 1.29 is 24.2 Å². The van der Waals surface area contributed by atoms with Crippen LogP contribution in [0.4, 0.5) is 0 Å². The van der Waals surface area contributed by atoms with Crippen LogP contribution in [-0.2, 0) is 14.3 Å². The van der Waals surface area contributed by atoms with Crippen LogP contribution in [0.1, 0.15) is 44.6 Å². The van der Waals surface area contributed by atoms with E-state index in [1.54, 1.807) is 19.1 Å². The molecule has 0 aromatic heterocycles. The zero-order chi connectivity index (χ0) is 20.3. The lowest BCUT2D eigenvalue weighted by Gasteiger charge is -2.35. The number of fused-ring (bicyclic) bond motifs is 1. The third-order valence-electron chi connectivity index (χ3n) is 5.10.